The summed E-state index contributed by atoms with van der Waals surface area (Å²) < 4.78 is 34.5. The number of rotatable bonds is 7. The van der Waals surface area contributed by atoms with Crippen LogP contribution >= 0.6 is 24.8 Å². The molecule has 0 bridgehead atoms. The molecule has 1 aromatic rings. The van der Waals surface area contributed by atoms with E-state index in [4.69, 9.17) is 10.5 Å². The summed E-state index contributed by atoms with van der Waals surface area (Å²) in [6.45, 7) is 0.766. The molecule has 1 aliphatic heterocycles. The summed E-state index contributed by atoms with van der Waals surface area (Å²) in [6.07, 6.45) is 2.32. The fraction of sp³-hybridized carbons (Fsp3) is 0.667. The molecule has 156 valence electrons. The predicted molar refractivity (Wildman–Crippen MR) is 104 cm³/mol. The minimum absolute atomic E-state index is 0. The SMILES string of the molecule is Cl.Cl.NCCO[C@H]1C[C@@H](O)C12CCN(Cc1ccc(OC(F)F)cc1)CC2. The number of nitrogens with zero attached hydrogens (tertiary/aromatic N) is 1. The topological polar surface area (TPSA) is 68.0 Å². The largest absolute Gasteiger partial charge is 0.435 e. The monoisotopic (exact) mass is 428 g/mol. The number of ether oxygens (including phenoxy) is 2. The van der Waals surface area contributed by atoms with E-state index in [0.29, 0.717) is 19.6 Å². The standard InChI is InChI=1S/C18H26F2N2O3.2ClH/c19-17(20)25-14-3-1-13(2-4-14)12-22-8-5-18(6-9-22)15(23)11-16(18)24-10-7-21;;/h1-4,15-17,23H,5-12,21H2;2*1H/t15-,16+;;/m1../s1. The second-order valence-electron chi connectivity index (χ2n) is 6.93. The second-order valence-corrected chi connectivity index (χ2v) is 6.93. The number of hydrogen-bond acceptors (Lipinski definition) is 5. The third kappa shape index (κ3) is 5.65. The van der Waals surface area contributed by atoms with Crippen molar-refractivity contribution in [1.82, 2.24) is 4.90 Å². The Bertz CT molecular complexity index is 558. The van der Waals surface area contributed by atoms with E-state index in [0.717, 1.165) is 38.0 Å². The van der Waals surface area contributed by atoms with Crippen LogP contribution in [0.1, 0.15) is 24.8 Å². The van der Waals surface area contributed by atoms with E-state index in [1.807, 2.05) is 12.1 Å². The van der Waals surface area contributed by atoms with Crippen LogP contribution in [-0.2, 0) is 11.3 Å². The Kier molecular flexibility index (Phi) is 9.68. The van der Waals surface area contributed by atoms with E-state index in [2.05, 4.69) is 9.64 Å². The second kappa shape index (κ2) is 10.7. The molecule has 1 aromatic carbocycles. The Morgan fingerprint density at radius 1 is 1.19 bits per heavy atom. The molecule has 1 spiro atoms. The van der Waals surface area contributed by atoms with Crippen molar-refractivity contribution in [3.05, 3.63) is 29.8 Å². The fourth-order valence-electron chi connectivity index (χ4n) is 3.99. The number of likely N-dealkylation sites (tertiary alicyclic amines) is 1. The third-order valence-corrected chi connectivity index (χ3v) is 5.52. The molecule has 2 aliphatic rings. The molecule has 3 rings (SSSR count). The molecular formula is C18H28Cl2F2N2O3. The molecule has 27 heavy (non-hydrogen) atoms. The minimum Gasteiger partial charge on any atom is -0.435 e. The maximum absolute atomic E-state index is 12.2. The van der Waals surface area contributed by atoms with Crippen molar-refractivity contribution in [2.24, 2.45) is 11.1 Å². The van der Waals surface area contributed by atoms with Crippen molar-refractivity contribution in [2.75, 3.05) is 26.2 Å². The number of benzene rings is 1. The van der Waals surface area contributed by atoms with Crippen molar-refractivity contribution in [3.8, 4) is 5.75 Å². The molecule has 1 saturated heterocycles. The van der Waals surface area contributed by atoms with Crippen LogP contribution in [-0.4, -0.2) is 55.1 Å². The number of hydrogen-bond donors (Lipinski definition) is 2. The van der Waals surface area contributed by atoms with E-state index in [-0.39, 0.29) is 48.2 Å². The van der Waals surface area contributed by atoms with Gasteiger partial charge in [-0.3, -0.25) is 4.90 Å². The summed E-state index contributed by atoms with van der Waals surface area (Å²) in [7, 11) is 0. The Hall–Kier alpha value is -0.700. The predicted octanol–water partition coefficient (Wildman–Crippen LogP) is 2.82. The van der Waals surface area contributed by atoms with Crippen molar-refractivity contribution in [1.29, 1.82) is 0 Å². The smallest absolute Gasteiger partial charge is 0.387 e. The first-order chi connectivity index (χ1) is 12.0. The van der Waals surface area contributed by atoms with Gasteiger partial charge in [-0.2, -0.15) is 8.78 Å². The summed E-state index contributed by atoms with van der Waals surface area (Å²) in [4.78, 5) is 2.32. The van der Waals surface area contributed by atoms with E-state index in [1.54, 1.807) is 12.1 Å². The van der Waals surface area contributed by atoms with E-state index in [9.17, 15) is 13.9 Å². The molecule has 2 atom stereocenters. The lowest BCUT2D eigenvalue weighted by Crippen LogP contribution is -2.62. The number of halogens is 4. The Labute approximate surface area is 171 Å². The highest BCUT2D eigenvalue weighted by Gasteiger charge is 2.55. The summed E-state index contributed by atoms with van der Waals surface area (Å²) in [5.41, 5.74) is 6.44. The van der Waals surface area contributed by atoms with Crippen LogP contribution in [0.3, 0.4) is 0 Å². The molecule has 2 fully saturated rings. The van der Waals surface area contributed by atoms with Gasteiger partial charge >= 0.3 is 6.61 Å². The van der Waals surface area contributed by atoms with Crippen molar-refractivity contribution in [3.63, 3.8) is 0 Å². The first-order valence-corrected chi connectivity index (χ1v) is 8.79. The maximum Gasteiger partial charge on any atom is 0.387 e. The lowest BCUT2D eigenvalue weighted by Gasteiger charge is -2.56. The molecule has 0 aromatic heterocycles. The van der Waals surface area contributed by atoms with Crippen LogP contribution in [0.5, 0.6) is 5.75 Å². The van der Waals surface area contributed by atoms with Crippen LogP contribution < -0.4 is 10.5 Å². The third-order valence-electron chi connectivity index (χ3n) is 5.52. The molecule has 1 heterocycles. The van der Waals surface area contributed by atoms with Crippen molar-refractivity contribution in [2.45, 2.75) is 44.6 Å². The zero-order chi connectivity index (χ0) is 17.9. The maximum atomic E-state index is 12.2. The minimum atomic E-state index is -2.80. The summed E-state index contributed by atoms with van der Waals surface area (Å²) >= 11 is 0. The Balaban J connectivity index is 0.00000182. The Morgan fingerprint density at radius 2 is 1.81 bits per heavy atom. The van der Waals surface area contributed by atoms with Gasteiger partial charge in [0, 0.05) is 24.9 Å². The lowest BCUT2D eigenvalue weighted by molar-refractivity contribution is -0.210. The first kappa shape index (κ1) is 24.3. The van der Waals surface area contributed by atoms with Crippen molar-refractivity contribution >= 4 is 24.8 Å². The summed E-state index contributed by atoms with van der Waals surface area (Å²) in [6, 6.07) is 6.76. The van der Waals surface area contributed by atoms with Gasteiger partial charge in [0.1, 0.15) is 5.75 Å². The van der Waals surface area contributed by atoms with E-state index < -0.39 is 6.61 Å². The van der Waals surface area contributed by atoms with Crippen LogP contribution in [0.25, 0.3) is 0 Å². The summed E-state index contributed by atoms with van der Waals surface area (Å²) in [5, 5.41) is 10.3. The van der Waals surface area contributed by atoms with Crippen LogP contribution in [0, 0.1) is 5.41 Å². The van der Waals surface area contributed by atoms with Crippen molar-refractivity contribution < 1.29 is 23.4 Å². The molecule has 0 unspecified atom stereocenters. The van der Waals surface area contributed by atoms with Gasteiger partial charge in [0.25, 0.3) is 0 Å². The van der Waals surface area contributed by atoms with Gasteiger partial charge in [-0.05, 0) is 43.6 Å². The van der Waals surface area contributed by atoms with Gasteiger partial charge < -0.3 is 20.3 Å². The molecule has 0 radical (unpaired) electrons. The fourth-order valence-corrected chi connectivity index (χ4v) is 3.99. The quantitative estimate of drug-likeness (QED) is 0.698. The van der Waals surface area contributed by atoms with Gasteiger partial charge in [0.15, 0.2) is 0 Å². The zero-order valence-electron chi connectivity index (χ0n) is 15.1. The van der Waals surface area contributed by atoms with Gasteiger partial charge in [-0.15, -0.1) is 24.8 Å². The normalized spacial score (nSPS) is 24.0. The molecule has 0 amide bonds. The number of nitrogens with two attached hydrogens (primary N) is 1. The number of alkyl halides is 2. The van der Waals surface area contributed by atoms with E-state index in [1.165, 1.54) is 0 Å². The van der Waals surface area contributed by atoms with Crippen LogP contribution in [0.4, 0.5) is 8.78 Å². The number of piperidine rings is 1. The average molecular weight is 429 g/mol. The average Bonchev–Trinajstić information content (AvgIpc) is 2.60. The van der Waals surface area contributed by atoms with E-state index >= 15 is 0 Å². The van der Waals surface area contributed by atoms with Crippen LogP contribution in [0.15, 0.2) is 24.3 Å². The number of aliphatic hydroxyl groups is 1. The molecule has 3 N–H and O–H groups in total. The molecule has 9 heteroatoms. The van der Waals surface area contributed by atoms with Gasteiger partial charge in [-0.25, -0.2) is 0 Å². The highest BCUT2D eigenvalue weighted by Crippen LogP contribution is 2.51. The summed E-state index contributed by atoms with van der Waals surface area (Å²) in [5.74, 6) is 0.175. The van der Waals surface area contributed by atoms with Gasteiger partial charge in [0.05, 0.1) is 18.8 Å². The highest BCUT2D eigenvalue weighted by atomic mass is 35.5. The van der Waals surface area contributed by atoms with Crippen LogP contribution in [0.2, 0.25) is 0 Å². The lowest BCUT2D eigenvalue weighted by atomic mass is 9.58. The zero-order valence-corrected chi connectivity index (χ0v) is 16.7. The van der Waals surface area contributed by atoms with Gasteiger partial charge in [-0.1, -0.05) is 12.1 Å². The first-order valence-electron chi connectivity index (χ1n) is 8.79. The highest BCUT2D eigenvalue weighted by molar-refractivity contribution is 5.85. The molecule has 1 aliphatic carbocycles. The molecule has 5 nitrogen and oxygen atoms in total. The number of aliphatic hydroxyl groups excluding tert-OH is 1. The Morgan fingerprint density at radius 3 is 2.33 bits per heavy atom. The molecule has 1 saturated carbocycles. The molecular weight excluding hydrogens is 401 g/mol. The van der Waals surface area contributed by atoms with Gasteiger partial charge in [0.2, 0.25) is 0 Å².